The molecule has 2 unspecified atom stereocenters. The van der Waals surface area contributed by atoms with E-state index in [0.29, 0.717) is 13.2 Å². The summed E-state index contributed by atoms with van der Waals surface area (Å²) < 4.78 is 5.29. The summed E-state index contributed by atoms with van der Waals surface area (Å²) in [6, 6.07) is 0.113. The van der Waals surface area contributed by atoms with Gasteiger partial charge in [-0.25, -0.2) is 0 Å². The molecule has 4 nitrogen and oxygen atoms in total. The smallest absolute Gasteiger partial charge is 0.248 e. The van der Waals surface area contributed by atoms with Gasteiger partial charge in [-0.05, 0) is 26.7 Å². The molecule has 0 aliphatic heterocycles. The molecule has 0 aromatic carbocycles. The van der Waals surface area contributed by atoms with Crippen molar-refractivity contribution in [1.82, 2.24) is 5.32 Å². The van der Waals surface area contributed by atoms with Gasteiger partial charge in [-0.3, -0.25) is 4.79 Å². The van der Waals surface area contributed by atoms with E-state index < -0.39 is 6.10 Å². The highest BCUT2D eigenvalue weighted by Gasteiger charge is 2.11. The van der Waals surface area contributed by atoms with Gasteiger partial charge in [-0.15, -0.1) is 19.0 Å². The van der Waals surface area contributed by atoms with E-state index in [1.807, 2.05) is 6.92 Å². The predicted molar refractivity (Wildman–Crippen MR) is 68.8 cm³/mol. The Labute approximate surface area is 104 Å². The SMILES string of the molecule is C=CCCOC(C)C(=O)NCCC(C)N.Cl. The minimum atomic E-state index is -0.405. The molecule has 0 aliphatic carbocycles. The van der Waals surface area contributed by atoms with Crippen LogP contribution in [0.2, 0.25) is 0 Å². The number of nitrogens with two attached hydrogens (primary N) is 1. The Morgan fingerprint density at radius 3 is 2.69 bits per heavy atom. The lowest BCUT2D eigenvalue weighted by Crippen LogP contribution is -2.36. The third-order valence-corrected chi connectivity index (χ3v) is 1.96. The van der Waals surface area contributed by atoms with Gasteiger partial charge in [0.05, 0.1) is 6.61 Å². The molecule has 0 bridgehead atoms. The highest BCUT2D eigenvalue weighted by atomic mass is 35.5. The second-order valence-corrected chi connectivity index (χ2v) is 3.65. The first-order valence-electron chi connectivity index (χ1n) is 5.33. The normalized spacial score (nSPS) is 13.4. The van der Waals surface area contributed by atoms with Crippen LogP contribution in [0.3, 0.4) is 0 Å². The monoisotopic (exact) mass is 250 g/mol. The average Bonchev–Trinajstić information content (AvgIpc) is 2.17. The Balaban J connectivity index is 0. The number of hydrogen-bond acceptors (Lipinski definition) is 3. The van der Waals surface area contributed by atoms with E-state index in [0.717, 1.165) is 12.8 Å². The van der Waals surface area contributed by atoms with Crippen LogP contribution in [0.5, 0.6) is 0 Å². The second-order valence-electron chi connectivity index (χ2n) is 3.65. The van der Waals surface area contributed by atoms with Crippen molar-refractivity contribution in [2.24, 2.45) is 5.73 Å². The van der Waals surface area contributed by atoms with Crippen LogP contribution in [0.15, 0.2) is 12.7 Å². The zero-order valence-corrected chi connectivity index (χ0v) is 10.9. The molecule has 16 heavy (non-hydrogen) atoms. The minimum absolute atomic E-state index is 0. The maximum Gasteiger partial charge on any atom is 0.248 e. The highest BCUT2D eigenvalue weighted by molar-refractivity contribution is 5.85. The van der Waals surface area contributed by atoms with E-state index in [1.165, 1.54) is 0 Å². The van der Waals surface area contributed by atoms with Gasteiger partial charge in [0, 0.05) is 12.6 Å². The Hall–Kier alpha value is -0.580. The number of amides is 1. The number of nitrogens with one attached hydrogen (secondary N) is 1. The Morgan fingerprint density at radius 1 is 1.56 bits per heavy atom. The van der Waals surface area contributed by atoms with Crippen LogP contribution in [-0.4, -0.2) is 31.2 Å². The number of ether oxygens (including phenoxy) is 1. The molecule has 5 heteroatoms. The fraction of sp³-hybridized carbons (Fsp3) is 0.727. The minimum Gasteiger partial charge on any atom is -0.368 e. The molecule has 0 aliphatic rings. The first-order chi connectivity index (χ1) is 7.07. The van der Waals surface area contributed by atoms with Crippen molar-refractivity contribution in [3.63, 3.8) is 0 Å². The van der Waals surface area contributed by atoms with Crippen molar-refractivity contribution in [3.05, 3.63) is 12.7 Å². The molecule has 0 aromatic rings. The third kappa shape index (κ3) is 9.96. The van der Waals surface area contributed by atoms with Crippen molar-refractivity contribution in [3.8, 4) is 0 Å². The average molecular weight is 251 g/mol. The lowest BCUT2D eigenvalue weighted by molar-refractivity contribution is -0.131. The molecule has 0 radical (unpaired) electrons. The van der Waals surface area contributed by atoms with Crippen LogP contribution in [0, 0.1) is 0 Å². The van der Waals surface area contributed by atoms with E-state index in [2.05, 4.69) is 11.9 Å². The number of hydrogen-bond donors (Lipinski definition) is 2. The zero-order chi connectivity index (χ0) is 11.7. The molecule has 0 rings (SSSR count). The van der Waals surface area contributed by atoms with Gasteiger partial charge < -0.3 is 15.8 Å². The number of carbonyl (C=O) groups is 1. The number of carbonyl (C=O) groups excluding carboxylic acids is 1. The fourth-order valence-corrected chi connectivity index (χ4v) is 0.971. The molecule has 0 heterocycles. The van der Waals surface area contributed by atoms with Gasteiger partial charge >= 0.3 is 0 Å². The molecule has 0 spiro atoms. The third-order valence-electron chi connectivity index (χ3n) is 1.96. The summed E-state index contributed by atoms with van der Waals surface area (Å²) in [5.74, 6) is -0.0836. The van der Waals surface area contributed by atoms with Crippen LogP contribution >= 0.6 is 12.4 Å². The summed E-state index contributed by atoms with van der Waals surface area (Å²) in [6.07, 6.45) is 2.90. The Morgan fingerprint density at radius 2 is 2.19 bits per heavy atom. The molecule has 0 aromatic heterocycles. The molecule has 3 N–H and O–H groups in total. The molecule has 2 atom stereocenters. The maximum absolute atomic E-state index is 11.4. The van der Waals surface area contributed by atoms with Crippen molar-refractivity contribution in [2.45, 2.75) is 38.8 Å². The van der Waals surface area contributed by atoms with Crippen LogP contribution in [0.1, 0.15) is 26.7 Å². The summed E-state index contributed by atoms with van der Waals surface area (Å²) >= 11 is 0. The van der Waals surface area contributed by atoms with Crippen LogP contribution in [0.25, 0.3) is 0 Å². The van der Waals surface area contributed by atoms with E-state index in [4.69, 9.17) is 10.5 Å². The summed E-state index contributed by atoms with van der Waals surface area (Å²) in [4.78, 5) is 11.4. The van der Waals surface area contributed by atoms with Gasteiger partial charge in [0.2, 0.25) is 5.91 Å². The van der Waals surface area contributed by atoms with Gasteiger partial charge in [0.1, 0.15) is 6.10 Å². The fourth-order valence-electron chi connectivity index (χ4n) is 0.971. The summed E-state index contributed by atoms with van der Waals surface area (Å²) in [6.45, 7) is 8.37. The van der Waals surface area contributed by atoms with Crippen LogP contribution in [-0.2, 0) is 9.53 Å². The van der Waals surface area contributed by atoms with E-state index in [-0.39, 0.29) is 24.4 Å². The van der Waals surface area contributed by atoms with Crippen molar-refractivity contribution < 1.29 is 9.53 Å². The summed E-state index contributed by atoms with van der Waals surface area (Å²) in [7, 11) is 0. The highest BCUT2D eigenvalue weighted by Crippen LogP contribution is 1.93. The Bertz CT molecular complexity index is 198. The molecule has 1 amide bonds. The largest absolute Gasteiger partial charge is 0.368 e. The standard InChI is InChI=1S/C11H22N2O2.ClH/c1-4-5-8-15-10(3)11(14)13-7-6-9(2)12;/h4,9-10H,1,5-8,12H2,2-3H3,(H,13,14);1H. The van der Waals surface area contributed by atoms with Gasteiger partial charge in [0.15, 0.2) is 0 Å². The topological polar surface area (TPSA) is 64.3 Å². The first-order valence-corrected chi connectivity index (χ1v) is 5.33. The van der Waals surface area contributed by atoms with E-state index in [9.17, 15) is 4.79 Å². The van der Waals surface area contributed by atoms with Crippen molar-refractivity contribution in [1.29, 1.82) is 0 Å². The van der Waals surface area contributed by atoms with Crippen LogP contribution < -0.4 is 11.1 Å². The van der Waals surface area contributed by atoms with Crippen LogP contribution in [0.4, 0.5) is 0 Å². The molecule has 0 saturated heterocycles. The molecule has 0 fully saturated rings. The Kier molecular flexibility index (Phi) is 12.2. The summed E-state index contributed by atoms with van der Waals surface area (Å²) in [5, 5.41) is 2.77. The molecule has 96 valence electrons. The van der Waals surface area contributed by atoms with Gasteiger partial charge in [-0.1, -0.05) is 6.08 Å². The molecule has 0 saturated carbocycles. The van der Waals surface area contributed by atoms with Gasteiger partial charge in [0.25, 0.3) is 0 Å². The van der Waals surface area contributed by atoms with Gasteiger partial charge in [-0.2, -0.15) is 0 Å². The van der Waals surface area contributed by atoms with Crippen molar-refractivity contribution >= 4 is 18.3 Å². The van der Waals surface area contributed by atoms with Crippen molar-refractivity contribution in [2.75, 3.05) is 13.2 Å². The lowest BCUT2D eigenvalue weighted by atomic mass is 10.2. The predicted octanol–water partition coefficient (Wildman–Crippen LogP) is 1.24. The molecular weight excluding hydrogens is 228 g/mol. The number of halogens is 1. The first kappa shape index (κ1) is 17.8. The molecular formula is C11H23ClN2O2. The quantitative estimate of drug-likeness (QED) is 0.503. The summed E-state index contributed by atoms with van der Waals surface area (Å²) in [5.41, 5.74) is 5.56. The maximum atomic E-state index is 11.4. The lowest BCUT2D eigenvalue weighted by Gasteiger charge is -2.13. The van der Waals surface area contributed by atoms with E-state index >= 15 is 0 Å². The van der Waals surface area contributed by atoms with E-state index in [1.54, 1.807) is 13.0 Å². The second kappa shape index (κ2) is 10.9. The number of rotatable bonds is 8. The zero-order valence-electron chi connectivity index (χ0n) is 10.1.